The number of carbonyl (C=O) groups excluding carboxylic acids is 1. The molecule has 3 aromatic rings. The van der Waals surface area contributed by atoms with E-state index in [9.17, 15) is 13.2 Å². The van der Waals surface area contributed by atoms with Crippen LogP contribution >= 0.6 is 0 Å². The van der Waals surface area contributed by atoms with Crippen LogP contribution in [0.3, 0.4) is 0 Å². The normalized spacial score (nSPS) is 11.6. The molecule has 0 N–H and O–H groups in total. The van der Waals surface area contributed by atoms with Crippen molar-refractivity contribution in [3.63, 3.8) is 0 Å². The molecule has 0 unspecified atom stereocenters. The SMILES string of the molecule is [C-]#[N+]CN(C(=O)OC(C)(C)C)S(=O)(=O)c1ccc(-c2cn(Cc3ccncc3)nn2)cc1. The van der Waals surface area contributed by atoms with Crippen LogP contribution in [-0.2, 0) is 21.3 Å². The monoisotopic (exact) mass is 454 g/mol. The zero-order valence-corrected chi connectivity index (χ0v) is 18.7. The molecule has 0 saturated heterocycles. The molecule has 2 heterocycles. The molecule has 2 aromatic heterocycles. The van der Waals surface area contributed by atoms with E-state index in [0.29, 0.717) is 22.1 Å². The number of hydrogen-bond donors (Lipinski definition) is 0. The summed E-state index contributed by atoms with van der Waals surface area (Å²) in [7, 11) is -4.27. The largest absolute Gasteiger partial charge is 0.443 e. The molecule has 1 aromatic carbocycles. The molecule has 166 valence electrons. The van der Waals surface area contributed by atoms with Crippen LogP contribution in [0.5, 0.6) is 0 Å². The van der Waals surface area contributed by atoms with Gasteiger partial charge in [-0.05, 0) is 50.6 Å². The van der Waals surface area contributed by atoms with Gasteiger partial charge in [-0.3, -0.25) is 9.83 Å². The van der Waals surface area contributed by atoms with Crippen molar-refractivity contribution in [2.45, 2.75) is 37.8 Å². The third-order valence-corrected chi connectivity index (χ3v) is 5.88. The summed E-state index contributed by atoms with van der Waals surface area (Å²) in [5, 5.41) is 8.23. The summed E-state index contributed by atoms with van der Waals surface area (Å²) in [6.07, 6.45) is 4.04. The predicted molar refractivity (Wildman–Crippen MR) is 116 cm³/mol. The standard InChI is InChI=1S/C21H22N6O4S/c1-21(2,3)31-20(28)27(15-22-4)32(29,30)18-7-5-17(6-8-18)19-14-26(25-24-19)13-16-9-11-23-12-10-16/h5-12,14H,13,15H2,1-3H3. The molecular formula is C21H22N6O4S. The van der Waals surface area contributed by atoms with E-state index in [0.717, 1.165) is 5.56 Å². The lowest BCUT2D eigenvalue weighted by molar-refractivity contribution is 0.0403. The van der Waals surface area contributed by atoms with Crippen molar-refractivity contribution >= 4 is 16.1 Å². The molecule has 0 spiro atoms. The van der Waals surface area contributed by atoms with Gasteiger partial charge in [0.25, 0.3) is 10.0 Å². The maximum Gasteiger partial charge on any atom is 0.430 e. The Labute approximate surface area is 186 Å². The number of carbonyl (C=O) groups is 1. The van der Waals surface area contributed by atoms with E-state index >= 15 is 0 Å². The van der Waals surface area contributed by atoms with Crippen LogP contribution in [0.15, 0.2) is 59.9 Å². The van der Waals surface area contributed by atoms with E-state index in [4.69, 9.17) is 11.3 Å². The van der Waals surface area contributed by atoms with Gasteiger partial charge in [0.2, 0.25) is 0 Å². The molecule has 0 aliphatic carbocycles. The lowest BCUT2D eigenvalue weighted by Gasteiger charge is -2.24. The molecule has 0 fully saturated rings. The lowest BCUT2D eigenvalue weighted by Crippen LogP contribution is -2.40. The predicted octanol–water partition coefficient (Wildman–Crippen LogP) is 3.19. The Kier molecular flexibility index (Phi) is 6.55. The Bertz CT molecular complexity index is 1230. The number of ether oxygens (including phenoxy) is 1. The average molecular weight is 455 g/mol. The molecule has 3 rings (SSSR count). The summed E-state index contributed by atoms with van der Waals surface area (Å²) in [6, 6.07) is 9.60. The van der Waals surface area contributed by atoms with Gasteiger partial charge >= 0.3 is 12.8 Å². The van der Waals surface area contributed by atoms with Crippen LogP contribution in [0.4, 0.5) is 4.79 Å². The van der Waals surface area contributed by atoms with Gasteiger partial charge in [-0.1, -0.05) is 17.3 Å². The fraction of sp³-hybridized carbons (Fsp3) is 0.286. The third-order valence-electron chi connectivity index (χ3n) is 4.17. The molecule has 11 heteroatoms. The topological polar surface area (TPSA) is 112 Å². The Hall–Kier alpha value is -3.78. The quantitative estimate of drug-likeness (QED) is 0.526. The first-order valence-electron chi connectivity index (χ1n) is 9.58. The zero-order valence-electron chi connectivity index (χ0n) is 17.8. The number of rotatable bonds is 6. The van der Waals surface area contributed by atoms with Crippen molar-refractivity contribution in [1.82, 2.24) is 24.3 Å². The van der Waals surface area contributed by atoms with Crippen molar-refractivity contribution in [2.75, 3.05) is 6.67 Å². The van der Waals surface area contributed by atoms with E-state index in [2.05, 4.69) is 20.1 Å². The molecule has 0 saturated carbocycles. The second-order valence-corrected chi connectivity index (χ2v) is 9.68. The zero-order chi connectivity index (χ0) is 23.4. The maximum absolute atomic E-state index is 12.9. The van der Waals surface area contributed by atoms with Crippen LogP contribution in [0, 0.1) is 6.57 Å². The van der Waals surface area contributed by atoms with Gasteiger partial charge in [0, 0.05) is 18.0 Å². The summed E-state index contributed by atoms with van der Waals surface area (Å²) < 4.78 is 33.1. The first-order chi connectivity index (χ1) is 15.1. The summed E-state index contributed by atoms with van der Waals surface area (Å²) >= 11 is 0. The average Bonchev–Trinajstić information content (AvgIpc) is 3.20. The Morgan fingerprint density at radius 2 is 1.81 bits per heavy atom. The van der Waals surface area contributed by atoms with Gasteiger partial charge in [-0.15, -0.1) is 9.40 Å². The van der Waals surface area contributed by atoms with Crippen LogP contribution < -0.4 is 0 Å². The second-order valence-electron chi connectivity index (χ2n) is 7.81. The number of amides is 1. The van der Waals surface area contributed by atoms with Crippen molar-refractivity contribution in [3.05, 3.63) is 72.0 Å². The number of hydrogen-bond acceptors (Lipinski definition) is 7. The highest BCUT2D eigenvalue weighted by molar-refractivity contribution is 7.89. The van der Waals surface area contributed by atoms with E-state index < -0.39 is 28.4 Å². The minimum Gasteiger partial charge on any atom is -0.443 e. The first-order valence-corrected chi connectivity index (χ1v) is 11.0. The molecule has 0 radical (unpaired) electrons. The second kappa shape index (κ2) is 9.15. The van der Waals surface area contributed by atoms with Crippen LogP contribution in [0.1, 0.15) is 26.3 Å². The summed E-state index contributed by atoms with van der Waals surface area (Å²) in [6.45, 7) is 11.7. The molecular weight excluding hydrogens is 432 g/mol. The molecule has 0 bridgehead atoms. The van der Waals surface area contributed by atoms with Gasteiger partial charge in [0.1, 0.15) is 11.3 Å². The molecule has 32 heavy (non-hydrogen) atoms. The smallest absolute Gasteiger partial charge is 0.430 e. The summed E-state index contributed by atoms with van der Waals surface area (Å²) in [5.41, 5.74) is 1.32. The minimum absolute atomic E-state index is 0.139. The van der Waals surface area contributed by atoms with Crippen LogP contribution in [0.25, 0.3) is 16.1 Å². The van der Waals surface area contributed by atoms with Gasteiger partial charge in [0.05, 0.1) is 17.6 Å². The van der Waals surface area contributed by atoms with E-state index in [1.165, 1.54) is 12.1 Å². The molecule has 0 aliphatic rings. The number of aromatic nitrogens is 4. The summed E-state index contributed by atoms with van der Waals surface area (Å²) in [4.78, 5) is 19.3. The van der Waals surface area contributed by atoms with Gasteiger partial charge in [-0.2, -0.15) is 0 Å². The molecule has 10 nitrogen and oxygen atoms in total. The van der Waals surface area contributed by atoms with E-state index in [1.807, 2.05) is 12.1 Å². The summed E-state index contributed by atoms with van der Waals surface area (Å²) in [5.74, 6) is 0. The Balaban J connectivity index is 1.81. The van der Waals surface area contributed by atoms with E-state index in [-0.39, 0.29) is 4.90 Å². The van der Waals surface area contributed by atoms with Crippen molar-refractivity contribution in [3.8, 4) is 11.3 Å². The molecule has 1 amide bonds. The maximum atomic E-state index is 12.9. The fourth-order valence-corrected chi connectivity index (χ4v) is 3.89. The fourth-order valence-electron chi connectivity index (χ4n) is 2.72. The molecule has 0 aliphatic heterocycles. The van der Waals surface area contributed by atoms with Crippen molar-refractivity contribution < 1.29 is 17.9 Å². The number of benzene rings is 1. The highest BCUT2D eigenvalue weighted by Gasteiger charge is 2.35. The van der Waals surface area contributed by atoms with Crippen LogP contribution in [-0.4, -0.2) is 51.1 Å². The van der Waals surface area contributed by atoms with Crippen molar-refractivity contribution in [1.29, 1.82) is 0 Å². The Morgan fingerprint density at radius 3 is 2.41 bits per heavy atom. The van der Waals surface area contributed by atoms with Crippen LogP contribution in [0.2, 0.25) is 0 Å². The number of pyridine rings is 1. The van der Waals surface area contributed by atoms with E-state index in [1.54, 1.807) is 56.2 Å². The Morgan fingerprint density at radius 1 is 1.16 bits per heavy atom. The van der Waals surface area contributed by atoms with Crippen molar-refractivity contribution in [2.24, 2.45) is 0 Å². The first kappa shape index (κ1) is 22.9. The third kappa shape index (κ3) is 5.47. The van der Waals surface area contributed by atoms with Gasteiger partial charge in [0.15, 0.2) is 0 Å². The highest BCUT2D eigenvalue weighted by atomic mass is 32.2. The number of sulfonamides is 1. The number of nitrogens with zero attached hydrogens (tertiary/aromatic N) is 6. The molecule has 0 atom stereocenters. The minimum atomic E-state index is -4.27. The lowest BCUT2D eigenvalue weighted by atomic mass is 10.2. The highest BCUT2D eigenvalue weighted by Crippen LogP contribution is 2.23. The van der Waals surface area contributed by atoms with Gasteiger partial charge in [-0.25, -0.2) is 24.5 Å². The van der Waals surface area contributed by atoms with Gasteiger partial charge < -0.3 is 4.74 Å².